The van der Waals surface area contributed by atoms with Crippen LogP contribution in [0.1, 0.15) is 16.3 Å². The first kappa shape index (κ1) is 15.8. The lowest BCUT2D eigenvalue weighted by Crippen LogP contribution is -2.24. The molecule has 4 aromatic rings. The van der Waals surface area contributed by atoms with E-state index in [0.717, 1.165) is 17.0 Å². The van der Waals surface area contributed by atoms with Gasteiger partial charge in [0, 0.05) is 11.8 Å². The average molecular weight is 348 g/mol. The van der Waals surface area contributed by atoms with E-state index in [1.54, 1.807) is 13.2 Å². The molecule has 26 heavy (non-hydrogen) atoms. The summed E-state index contributed by atoms with van der Waals surface area (Å²) in [7, 11) is 1.61. The Kier molecular flexibility index (Phi) is 4.06. The SMILES string of the molecule is COc1cccc(-c2cc(C(=O)NCc3nnc4ccccn34)[nH]n2)c1. The molecule has 0 unspecified atom stereocenters. The molecule has 2 N–H and O–H groups in total. The minimum absolute atomic E-state index is 0.261. The minimum atomic E-state index is -0.265. The van der Waals surface area contributed by atoms with Crippen molar-refractivity contribution in [1.29, 1.82) is 0 Å². The van der Waals surface area contributed by atoms with Gasteiger partial charge in [0.2, 0.25) is 0 Å². The van der Waals surface area contributed by atoms with Crippen molar-refractivity contribution in [3.8, 4) is 17.0 Å². The van der Waals surface area contributed by atoms with Crippen molar-refractivity contribution in [2.75, 3.05) is 7.11 Å². The number of H-pyrrole nitrogens is 1. The van der Waals surface area contributed by atoms with Gasteiger partial charge in [-0.1, -0.05) is 18.2 Å². The van der Waals surface area contributed by atoms with E-state index in [1.165, 1.54) is 0 Å². The van der Waals surface area contributed by atoms with Crippen LogP contribution in [0, 0.1) is 0 Å². The fourth-order valence-electron chi connectivity index (χ4n) is 2.63. The number of amides is 1. The van der Waals surface area contributed by atoms with Gasteiger partial charge in [-0.05, 0) is 30.3 Å². The predicted octanol–water partition coefficient (Wildman–Crippen LogP) is 2.06. The Bertz CT molecular complexity index is 1070. The Labute approximate surface area is 148 Å². The van der Waals surface area contributed by atoms with Gasteiger partial charge in [-0.3, -0.25) is 14.3 Å². The van der Waals surface area contributed by atoms with E-state index in [2.05, 4.69) is 25.7 Å². The van der Waals surface area contributed by atoms with Crippen LogP contribution in [0.25, 0.3) is 16.9 Å². The zero-order chi connectivity index (χ0) is 17.9. The highest BCUT2D eigenvalue weighted by Crippen LogP contribution is 2.22. The number of pyridine rings is 1. The summed E-state index contributed by atoms with van der Waals surface area (Å²) in [5, 5.41) is 17.9. The summed E-state index contributed by atoms with van der Waals surface area (Å²) < 4.78 is 7.04. The largest absolute Gasteiger partial charge is 0.497 e. The molecule has 0 bridgehead atoms. The number of carbonyl (C=O) groups excluding carboxylic acids is 1. The third-order valence-electron chi connectivity index (χ3n) is 3.98. The Balaban J connectivity index is 1.48. The summed E-state index contributed by atoms with van der Waals surface area (Å²) in [6.07, 6.45) is 1.86. The minimum Gasteiger partial charge on any atom is -0.497 e. The number of aromatic nitrogens is 5. The molecule has 0 aliphatic heterocycles. The number of rotatable bonds is 5. The first-order valence-corrected chi connectivity index (χ1v) is 8.01. The first-order valence-electron chi connectivity index (χ1n) is 8.01. The molecule has 0 spiro atoms. The van der Waals surface area contributed by atoms with Crippen LogP contribution >= 0.6 is 0 Å². The number of hydrogen-bond donors (Lipinski definition) is 2. The summed E-state index contributed by atoms with van der Waals surface area (Å²) >= 11 is 0. The van der Waals surface area contributed by atoms with Crippen LogP contribution in [0.5, 0.6) is 5.75 Å². The summed E-state index contributed by atoms with van der Waals surface area (Å²) in [6.45, 7) is 0.261. The number of nitrogens with one attached hydrogen (secondary N) is 2. The number of fused-ring (bicyclic) bond motifs is 1. The molecule has 3 heterocycles. The summed E-state index contributed by atoms with van der Waals surface area (Å²) in [6, 6.07) is 14.8. The van der Waals surface area contributed by atoms with Gasteiger partial charge in [0.25, 0.3) is 5.91 Å². The standard InChI is InChI=1S/C18H16N6O2/c1-26-13-6-4-5-12(9-13)14-10-15(21-20-14)18(25)19-11-17-23-22-16-7-2-3-8-24(16)17/h2-10H,11H2,1H3,(H,19,25)(H,20,21). The third-order valence-corrected chi connectivity index (χ3v) is 3.98. The Hall–Kier alpha value is -3.68. The second-order valence-electron chi connectivity index (χ2n) is 5.63. The van der Waals surface area contributed by atoms with Crippen molar-refractivity contribution in [2.24, 2.45) is 0 Å². The Morgan fingerprint density at radius 2 is 2.12 bits per heavy atom. The lowest BCUT2D eigenvalue weighted by molar-refractivity contribution is 0.0944. The first-order chi connectivity index (χ1) is 12.7. The number of benzene rings is 1. The number of nitrogens with zero attached hydrogens (tertiary/aromatic N) is 4. The molecule has 3 aromatic heterocycles. The van der Waals surface area contributed by atoms with E-state index >= 15 is 0 Å². The fourth-order valence-corrected chi connectivity index (χ4v) is 2.63. The van der Waals surface area contributed by atoms with Gasteiger partial charge in [0.1, 0.15) is 11.4 Å². The van der Waals surface area contributed by atoms with Crippen molar-refractivity contribution < 1.29 is 9.53 Å². The molecule has 0 saturated heterocycles. The normalized spacial score (nSPS) is 10.8. The predicted molar refractivity (Wildman–Crippen MR) is 94.7 cm³/mol. The lowest BCUT2D eigenvalue weighted by Gasteiger charge is -2.02. The van der Waals surface area contributed by atoms with E-state index in [0.29, 0.717) is 17.2 Å². The van der Waals surface area contributed by atoms with Crippen molar-refractivity contribution >= 4 is 11.6 Å². The smallest absolute Gasteiger partial charge is 0.269 e. The summed E-state index contributed by atoms with van der Waals surface area (Å²) in [5.41, 5.74) is 2.64. The van der Waals surface area contributed by atoms with Gasteiger partial charge < -0.3 is 10.1 Å². The highest BCUT2D eigenvalue weighted by molar-refractivity contribution is 5.93. The van der Waals surface area contributed by atoms with Gasteiger partial charge in [0.15, 0.2) is 11.5 Å². The topological polar surface area (TPSA) is 97.2 Å². The zero-order valence-electron chi connectivity index (χ0n) is 14.0. The molecule has 0 saturated carbocycles. The fraction of sp³-hybridized carbons (Fsp3) is 0.111. The van der Waals surface area contributed by atoms with E-state index in [1.807, 2.05) is 53.1 Å². The lowest BCUT2D eigenvalue weighted by atomic mass is 10.1. The van der Waals surface area contributed by atoms with E-state index < -0.39 is 0 Å². The van der Waals surface area contributed by atoms with Crippen molar-refractivity contribution in [3.05, 3.63) is 66.2 Å². The quantitative estimate of drug-likeness (QED) is 0.575. The van der Waals surface area contributed by atoms with E-state index in [-0.39, 0.29) is 12.5 Å². The molecule has 0 aliphatic rings. The van der Waals surface area contributed by atoms with Crippen LogP contribution in [0.4, 0.5) is 0 Å². The molecular formula is C18H16N6O2. The summed E-state index contributed by atoms with van der Waals surface area (Å²) in [4.78, 5) is 12.4. The van der Waals surface area contributed by atoms with Crippen molar-refractivity contribution in [2.45, 2.75) is 6.54 Å². The Morgan fingerprint density at radius 1 is 1.19 bits per heavy atom. The molecular weight excluding hydrogens is 332 g/mol. The maximum absolute atomic E-state index is 12.4. The number of methoxy groups -OCH3 is 1. The monoisotopic (exact) mass is 348 g/mol. The van der Waals surface area contributed by atoms with Gasteiger partial charge in [0.05, 0.1) is 19.3 Å². The second kappa shape index (κ2) is 6.67. The van der Waals surface area contributed by atoms with Gasteiger partial charge in [-0.25, -0.2) is 0 Å². The maximum Gasteiger partial charge on any atom is 0.269 e. The Morgan fingerprint density at radius 3 is 3.00 bits per heavy atom. The average Bonchev–Trinajstić information content (AvgIpc) is 3.34. The highest BCUT2D eigenvalue weighted by atomic mass is 16.5. The van der Waals surface area contributed by atoms with Crippen molar-refractivity contribution in [1.82, 2.24) is 30.1 Å². The molecule has 0 aliphatic carbocycles. The van der Waals surface area contributed by atoms with Crippen LogP contribution in [-0.4, -0.2) is 37.8 Å². The van der Waals surface area contributed by atoms with Crippen molar-refractivity contribution in [3.63, 3.8) is 0 Å². The van der Waals surface area contributed by atoms with Crippen LogP contribution < -0.4 is 10.1 Å². The van der Waals surface area contributed by atoms with Crippen LogP contribution in [0.15, 0.2) is 54.7 Å². The number of ether oxygens (including phenoxy) is 1. The van der Waals surface area contributed by atoms with E-state index in [4.69, 9.17) is 4.74 Å². The molecule has 4 rings (SSSR count). The third kappa shape index (κ3) is 3.00. The molecule has 0 fully saturated rings. The number of aromatic amines is 1. The van der Waals surface area contributed by atoms with Gasteiger partial charge >= 0.3 is 0 Å². The van der Waals surface area contributed by atoms with E-state index in [9.17, 15) is 4.79 Å². The molecule has 0 atom stereocenters. The molecule has 1 amide bonds. The van der Waals surface area contributed by atoms with Crippen LogP contribution in [0.2, 0.25) is 0 Å². The zero-order valence-corrected chi connectivity index (χ0v) is 14.0. The molecule has 8 nitrogen and oxygen atoms in total. The highest BCUT2D eigenvalue weighted by Gasteiger charge is 2.13. The van der Waals surface area contributed by atoms with Crippen LogP contribution in [0.3, 0.4) is 0 Å². The van der Waals surface area contributed by atoms with Crippen LogP contribution in [-0.2, 0) is 6.54 Å². The summed E-state index contributed by atoms with van der Waals surface area (Å²) in [5.74, 6) is 1.12. The maximum atomic E-state index is 12.4. The number of hydrogen-bond acceptors (Lipinski definition) is 5. The van der Waals surface area contributed by atoms with Gasteiger partial charge in [-0.2, -0.15) is 5.10 Å². The molecule has 8 heteroatoms. The van der Waals surface area contributed by atoms with Gasteiger partial charge in [-0.15, -0.1) is 10.2 Å². The number of carbonyl (C=O) groups is 1. The molecule has 1 aromatic carbocycles. The second-order valence-corrected chi connectivity index (χ2v) is 5.63. The molecule has 0 radical (unpaired) electrons. The molecule has 130 valence electrons.